The van der Waals surface area contributed by atoms with Crippen LogP contribution in [0.15, 0.2) is 41.5 Å². The SMILES string of the molecule is CNC(=O)Nc1ccc(C2=NN(C(=O)NC)C(C)Cc3cc4c(cc32)OCO4)cc1. The second-order valence-electron chi connectivity index (χ2n) is 7.05. The van der Waals surface area contributed by atoms with Crippen LogP contribution >= 0.6 is 0 Å². The van der Waals surface area contributed by atoms with Gasteiger partial charge in [-0.15, -0.1) is 0 Å². The molecule has 0 radical (unpaired) electrons. The van der Waals surface area contributed by atoms with Gasteiger partial charge >= 0.3 is 12.1 Å². The molecule has 1 atom stereocenters. The monoisotopic (exact) mass is 409 g/mol. The van der Waals surface area contributed by atoms with Crippen LogP contribution in [0.4, 0.5) is 15.3 Å². The molecule has 30 heavy (non-hydrogen) atoms. The van der Waals surface area contributed by atoms with Gasteiger partial charge in [0.05, 0.1) is 11.8 Å². The number of anilines is 1. The first-order chi connectivity index (χ1) is 14.5. The van der Waals surface area contributed by atoms with Crippen molar-refractivity contribution in [1.82, 2.24) is 15.6 Å². The lowest BCUT2D eigenvalue weighted by Gasteiger charge is -2.22. The van der Waals surface area contributed by atoms with Gasteiger partial charge in [-0.25, -0.2) is 14.6 Å². The number of nitrogens with one attached hydrogen (secondary N) is 3. The summed E-state index contributed by atoms with van der Waals surface area (Å²) in [7, 11) is 3.14. The molecule has 2 aliphatic heterocycles. The number of rotatable bonds is 2. The van der Waals surface area contributed by atoms with Crippen LogP contribution in [0.2, 0.25) is 0 Å². The minimum absolute atomic E-state index is 0.157. The van der Waals surface area contributed by atoms with Gasteiger partial charge in [0, 0.05) is 30.9 Å². The topological polar surface area (TPSA) is 104 Å². The predicted molar refractivity (Wildman–Crippen MR) is 112 cm³/mol. The molecular weight excluding hydrogens is 386 g/mol. The molecule has 0 bridgehead atoms. The number of carbonyl (C=O) groups is 2. The molecule has 9 heteroatoms. The summed E-state index contributed by atoms with van der Waals surface area (Å²) in [6, 6.07) is 10.4. The van der Waals surface area contributed by atoms with Gasteiger partial charge in [-0.05, 0) is 43.2 Å². The number of fused-ring (bicyclic) bond motifs is 2. The van der Waals surface area contributed by atoms with Gasteiger partial charge < -0.3 is 25.4 Å². The minimum Gasteiger partial charge on any atom is -0.454 e. The predicted octanol–water partition coefficient (Wildman–Crippen LogP) is 2.51. The fourth-order valence-corrected chi connectivity index (χ4v) is 3.52. The average Bonchev–Trinajstić information content (AvgIpc) is 3.16. The second kappa shape index (κ2) is 7.94. The zero-order valence-electron chi connectivity index (χ0n) is 17.0. The summed E-state index contributed by atoms with van der Waals surface area (Å²) >= 11 is 0. The Balaban J connectivity index is 1.80. The first kappa shape index (κ1) is 19.6. The molecular formula is C21H23N5O4. The Morgan fingerprint density at radius 1 is 1.07 bits per heavy atom. The highest BCUT2D eigenvalue weighted by Crippen LogP contribution is 2.37. The summed E-state index contributed by atoms with van der Waals surface area (Å²) in [5.41, 5.74) is 3.99. The summed E-state index contributed by atoms with van der Waals surface area (Å²) in [6.07, 6.45) is 0.614. The van der Waals surface area contributed by atoms with Crippen LogP contribution in [-0.4, -0.2) is 49.7 Å². The smallest absolute Gasteiger partial charge is 0.337 e. The third-order valence-electron chi connectivity index (χ3n) is 5.06. The third-order valence-corrected chi connectivity index (χ3v) is 5.06. The van der Waals surface area contributed by atoms with Crippen LogP contribution in [0.3, 0.4) is 0 Å². The van der Waals surface area contributed by atoms with Crippen molar-refractivity contribution >= 4 is 23.5 Å². The number of hydrogen-bond acceptors (Lipinski definition) is 5. The van der Waals surface area contributed by atoms with E-state index in [1.54, 1.807) is 26.2 Å². The molecule has 0 spiro atoms. The number of hydrogen-bond donors (Lipinski definition) is 3. The molecule has 9 nitrogen and oxygen atoms in total. The van der Waals surface area contributed by atoms with Gasteiger partial charge in [0.2, 0.25) is 6.79 Å². The van der Waals surface area contributed by atoms with Crippen molar-refractivity contribution in [2.45, 2.75) is 19.4 Å². The van der Waals surface area contributed by atoms with Crippen LogP contribution in [0.5, 0.6) is 11.5 Å². The number of nitrogens with zero attached hydrogens (tertiary/aromatic N) is 2. The van der Waals surface area contributed by atoms with Gasteiger partial charge in [0.25, 0.3) is 0 Å². The Morgan fingerprint density at radius 2 is 1.77 bits per heavy atom. The van der Waals surface area contributed by atoms with Crippen LogP contribution in [-0.2, 0) is 6.42 Å². The third kappa shape index (κ3) is 3.61. The quantitative estimate of drug-likeness (QED) is 0.709. The normalized spacial score (nSPS) is 16.8. The molecule has 4 amide bonds. The van der Waals surface area contributed by atoms with Crippen molar-refractivity contribution < 1.29 is 19.1 Å². The molecule has 4 rings (SSSR count). The van der Waals surface area contributed by atoms with E-state index < -0.39 is 0 Å². The van der Waals surface area contributed by atoms with E-state index in [9.17, 15) is 9.59 Å². The number of benzene rings is 2. The maximum Gasteiger partial charge on any atom is 0.337 e. The Bertz CT molecular complexity index is 1020. The van der Waals surface area contributed by atoms with E-state index in [4.69, 9.17) is 14.6 Å². The van der Waals surface area contributed by atoms with Gasteiger partial charge in [-0.1, -0.05) is 12.1 Å². The first-order valence-electron chi connectivity index (χ1n) is 9.61. The number of hydrazone groups is 1. The summed E-state index contributed by atoms with van der Waals surface area (Å²) in [4.78, 5) is 24.0. The van der Waals surface area contributed by atoms with Crippen molar-refractivity contribution in [3.8, 4) is 11.5 Å². The highest BCUT2D eigenvalue weighted by atomic mass is 16.7. The van der Waals surface area contributed by atoms with E-state index in [1.165, 1.54) is 5.01 Å². The molecule has 156 valence electrons. The zero-order valence-corrected chi connectivity index (χ0v) is 17.0. The number of amides is 4. The van der Waals surface area contributed by atoms with Gasteiger partial charge in [0.1, 0.15) is 0 Å². The fourth-order valence-electron chi connectivity index (χ4n) is 3.52. The van der Waals surface area contributed by atoms with Crippen molar-refractivity contribution in [2.75, 3.05) is 26.2 Å². The largest absolute Gasteiger partial charge is 0.454 e. The highest BCUT2D eigenvalue weighted by molar-refractivity contribution is 6.14. The molecule has 2 aliphatic rings. The standard InChI is InChI=1S/C21H23N5O4/c1-12-8-14-9-17-18(30-11-29-17)10-16(14)19(25-26(12)21(28)23-3)13-4-6-15(7-5-13)24-20(27)22-2/h4-7,9-10,12H,8,11H2,1-3H3,(H,23,28)(H2,22,24,27). The molecule has 0 fully saturated rings. The van der Waals surface area contributed by atoms with E-state index in [-0.39, 0.29) is 24.9 Å². The Kier molecular flexibility index (Phi) is 5.18. The highest BCUT2D eigenvalue weighted by Gasteiger charge is 2.29. The van der Waals surface area contributed by atoms with E-state index in [0.29, 0.717) is 29.3 Å². The van der Waals surface area contributed by atoms with E-state index in [2.05, 4.69) is 16.0 Å². The lowest BCUT2D eigenvalue weighted by molar-refractivity contribution is 0.174. The maximum absolute atomic E-state index is 12.5. The Hall–Kier alpha value is -3.75. The molecule has 0 aromatic heterocycles. The van der Waals surface area contributed by atoms with E-state index >= 15 is 0 Å². The second-order valence-corrected chi connectivity index (χ2v) is 7.05. The van der Waals surface area contributed by atoms with Crippen molar-refractivity contribution in [2.24, 2.45) is 5.10 Å². The van der Waals surface area contributed by atoms with E-state index in [1.807, 2.05) is 31.2 Å². The summed E-state index contributed by atoms with van der Waals surface area (Å²) in [5, 5.41) is 14.1. The molecule has 0 aliphatic carbocycles. The van der Waals surface area contributed by atoms with Crippen molar-refractivity contribution in [1.29, 1.82) is 0 Å². The molecule has 0 saturated carbocycles. The van der Waals surface area contributed by atoms with Crippen molar-refractivity contribution in [3.63, 3.8) is 0 Å². The number of urea groups is 2. The first-order valence-corrected chi connectivity index (χ1v) is 9.61. The molecule has 1 unspecified atom stereocenters. The van der Waals surface area contributed by atoms with Gasteiger partial charge in [-0.3, -0.25) is 0 Å². The van der Waals surface area contributed by atoms with Crippen LogP contribution < -0.4 is 25.4 Å². The molecule has 2 heterocycles. The molecule has 2 aromatic rings. The van der Waals surface area contributed by atoms with Crippen LogP contribution in [0.1, 0.15) is 23.6 Å². The zero-order chi connectivity index (χ0) is 21.3. The maximum atomic E-state index is 12.5. The molecule has 3 N–H and O–H groups in total. The van der Waals surface area contributed by atoms with E-state index in [0.717, 1.165) is 16.7 Å². The van der Waals surface area contributed by atoms with Crippen LogP contribution in [0, 0.1) is 0 Å². The Morgan fingerprint density at radius 3 is 2.43 bits per heavy atom. The molecule has 2 aromatic carbocycles. The Labute approximate surface area is 174 Å². The summed E-state index contributed by atoms with van der Waals surface area (Å²) < 4.78 is 11.1. The minimum atomic E-state index is -0.299. The summed E-state index contributed by atoms with van der Waals surface area (Å²) in [5.74, 6) is 1.35. The van der Waals surface area contributed by atoms with Gasteiger partial charge in [0.15, 0.2) is 11.5 Å². The average molecular weight is 409 g/mol. The number of carbonyl (C=O) groups excluding carboxylic acids is 2. The lowest BCUT2D eigenvalue weighted by atomic mass is 9.94. The summed E-state index contributed by atoms with van der Waals surface area (Å²) in [6.45, 7) is 2.14. The number of ether oxygens (including phenoxy) is 2. The lowest BCUT2D eigenvalue weighted by Crippen LogP contribution is -2.41. The van der Waals surface area contributed by atoms with Crippen LogP contribution in [0.25, 0.3) is 0 Å². The van der Waals surface area contributed by atoms with Crippen molar-refractivity contribution in [3.05, 3.63) is 53.1 Å². The molecule has 0 saturated heterocycles. The fraction of sp³-hybridized carbons (Fsp3) is 0.286. The van der Waals surface area contributed by atoms with Gasteiger partial charge in [-0.2, -0.15) is 5.10 Å².